The molecule has 0 bridgehead atoms. The summed E-state index contributed by atoms with van der Waals surface area (Å²) in [7, 11) is 2.24. The van der Waals surface area contributed by atoms with E-state index in [4.69, 9.17) is 11.6 Å². The molecular weight excluding hydrogens is 208 g/mol. The van der Waals surface area contributed by atoms with Crippen LogP contribution in [0.25, 0.3) is 0 Å². The van der Waals surface area contributed by atoms with Crippen molar-refractivity contribution < 1.29 is 0 Å². The maximum atomic E-state index is 5.53. The molecule has 1 aliphatic carbocycles. The van der Waals surface area contributed by atoms with Gasteiger partial charge in [0.25, 0.3) is 0 Å². The Hall–Kier alpha value is -0.0500. The van der Waals surface area contributed by atoms with Crippen LogP contribution in [0.4, 0.5) is 0 Å². The van der Waals surface area contributed by atoms with E-state index in [0.717, 1.165) is 25.7 Å². The van der Waals surface area contributed by atoms with Crippen molar-refractivity contribution >= 4 is 11.6 Å². The van der Waals surface area contributed by atoms with E-state index in [0.29, 0.717) is 5.88 Å². The SMILES string of the molecule is CN(CCNC/C=C/CCl)C1CCCC1. The van der Waals surface area contributed by atoms with Crippen molar-refractivity contribution in [2.75, 3.05) is 32.6 Å². The first-order valence-electron chi connectivity index (χ1n) is 5.96. The summed E-state index contributed by atoms with van der Waals surface area (Å²) in [5.74, 6) is 0.615. The lowest BCUT2D eigenvalue weighted by atomic mass is 10.2. The Labute approximate surface area is 98.7 Å². The fraction of sp³-hybridized carbons (Fsp3) is 0.833. The second-order valence-corrected chi connectivity index (χ2v) is 4.56. The van der Waals surface area contributed by atoms with Crippen LogP contribution >= 0.6 is 11.6 Å². The fourth-order valence-corrected chi connectivity index (χ4v) is 2.24. The van der Waals surface area contributed by atoms with Crippen molar-refractivity contribution in [1.29, 1.82) is 0 Å². The Balaban J connectivity index is 1.96. The number of nitrogens with zero attached hydrogens (tertiary/aromatic N) is 1. The molecule has 0 aromatic carbocycles. The summed E-state index contributed by atoms with van der Waals surface area (Å²) in [6.45, 7) is 3.16. The van der Waals surface area contributed by atoms with Crippen LogP contribution in [-0.4, -0.2) is 43.5 Å². The minimum absolute atomic E-state index is 0.615. The topological polar surface area (TPSA) is 15.3 Å². The standard InChI is InChI=1S/C12H23ClN2/c1-15(12-6-2-3-7-12)11-10-14-9-5-4-8-13/h4-5,12,14H,2-3,6-11H2,1H3/b5-4+. The second kappa shape index (κ2) is 8.14. The summed E-state index contributed by atoms with van der Waals surface area (Å²) in [6.07, 6.45) is 9.69. The van der Waals surface area contributed by atoms with E-state index in [9.17, 15) is 0 Å². The number of alkyl halides is 1. The van der Waals surface area contributed by atoms with Gasteiger partial charge in [-0.05, 0) is 19.9 Å². The molecule has 0 atom stereocenters. The smallest absolute Gasteiger partial charge is 0.0404 e. The first-order chi connectivity index (χ1) is 7.34. The fourth-order valence-electron chi connectivity index (χ4n) is 2.11. The molecule has 1 fully saturated rings. The third-order valence-corrected chi connectivity index (χ3v) is 3.29. The zero-order valence-corrected chi connectivity index (χ0v) is 10.5. The summed E-state index contributed by atoms with van der Waals surface area (Å²) in [4.78, 5) is 2.49. The summed E-state index contributed by atoms with van der Waals surface area (Å²) in [5, 5.41) is 3.39. The number of allylic oxidation sites excluding steroid dienone is 1. The maximum Gasteiger partial charge on any atom is 0.0404 e. The minimum atomic E-state index is 0.615. The highest BCUT2D eigenvalue weighted by molar-refractivity contribution is 6.18. The highest BCUT2D eigenvalue weighted by atomic mass is 35.5. The van der Waals surface area contributed by atoms with E-state index >= 15 is 0 Å². The summed E-state index contributed by atoms with van der Waals surface area (Å²) < 4.78 is 0. The first kappa shape index (κ1) is 13.0. The Morgan fingerprint density at radius 1 is 1.33 bits per heavy atom. The molecule has 0 saturated heterocycles. The third kappa shape index (κ3) is 5.55. The largest absolute Gasteiger partial charge is 0.312 e. The molecule has 1 aliphatic rings. The normalized spacial score (nSPS) is 18.3. The van der Waals surface area contributed by atoms with Crippen molar-refractivity contribution in [2.45, 2.75) is 31.7 Å². The molecule has 0 heterocycles. The highest BCUT2D eigenvalue weighted by Gasteiger charge is 2.18. The van der Waals surface area contributed by atoms with Crippen LogP contribution in [0.2, 0.25) is 0 Å². The van der Waals surface area contributed by atoms with E-state index in [2.05, 4.69) is 23.3 Å². The number of rotatable bonds is 7. The molecule has 1 rings (SSSR count). The van der Waals surface area contributed by atoms with Crippen molar-refractivity contribution in [3.8, 4) is 0 Å². The van der Waals surface area contributed by atoms with Gasteiger partial charge in [0.2, 0.25) is 0 Å². The quantitative estimate of drug-likeness (QED) is 0.410. The van der Waals surface area contributed by atoms with E-state index in [1.54, 1.807) is 0 Å². The maximum absolute atomic E-state index is 5.53. The van der Waals surface area contributed by atoms with Crippen molar-refractivity contribution in [3.63, 3.8) is 0 Å². The Bertz CT molecular complexity index is 176. The van der Waals surface area contributed by atoms with Gasteiger partial charge in [0, 0.05) is 31.6 Å². The van der Waals surface area contributed by atoms with Crippen LogP contribution in [0.1, 0.15) is 25.7 Å². The molecule has 0 amide bonds. The van der Waals surface area contributed by atoms with Gasteiger partial charge < -0.3 is 10.2 Å². The van der Waals surface area contributed by atoms with Gasteiger partial charge in [-0.25, -0.2) is 0 Å². The van der Waals surface area contributed by atoms with Gasteiger partial charge in [-0.1, -0.05) is 25.0 Å². The molecule has 1 saturated carbocycles. The van der Waals surface area contributed by atoms with E-state index in [1.165, 1.54) is 25.7 Å². The van der Waals surface area contributed by atoms with Gasteiger partial charge in [0.05, 0.1) is 0 Å². The first-order valence-corrected chi connectivity index (χ1v) is 6.50. The number of likely N-dealkylation sites (N-methyl/N-ethyl adjacent to an activating group) is 1. The van der Waals surface area contributed by atoms with Gasteiger partial charge in [-0.2, -0.15) is 0 Å². The zero-order valence-electron chi connectivity index (χ0n) is 9.71. The lowest BCUT2D eigenvalue weighted by molar-refractivity contribution is 0.246. The molecule has 0 spiro atoms. The van der Waals surface area contributed by atoms with Gasteiger partial charge in [-0.3, -0.25) is 0 Å². The molecule has 3 heteroatoms. The summed E-state index contributed by atoms with van der Waals surface area (Å²) >= 11 is 5.53. The lowest BCUT2D eigenvalue weighted by Gasteiger charge is -2.23. The Morgan fingerprint density at radius 2 is 2.07 bits per heavy atom. The van der Waals surface area contributed by atoms with Crippen LogP contribution in [0, 0.1) is 0 Å². The van der Waals surface area contributed by atoms with Crippen molar-refractivity contribution in [2.24, 2.45) is 0 Å². The van der Waals surface area contributed by atoms with E-state index < -0.39 is 0 Å². The third-order valence-electron chi connectivity index (χ3n) is 3.11. The van der Waals surface area contributed by atoms with Crippen molar-refractivity contribution in [1.82, 2.24) is 10.2 Å². The second-order valence-electron chi connectivity index (χ2n) is 4.25. The van der Waals surface area contributed by atoms with Crippen LogP contribution in [0.5, 0.6) is 0 Å². The monoisotopic (exact) mass is 230 g/mol. The molecule has 0 aromatic rings. The van der Waals surface area contributed by atoms with Gasteiger partial charge >= 0.3 is 0 Å². The van der Waals surface area contributed by atoms with E-state index in [1.807, 2.05) is 6.08 Å². The molecule has 2 nitrogen and oxygen atoms in total. The molecule has 0 aromatic heterocycles. The number of nitrogens with one attached hydrogen (secondary N) is 1. The van der Waals surface area contributed by atoms with Crippen LogP contribution in [-0.2, 0) is 0 Å². The minimum Gasteiger partial charge on any atom is -0.312 e. The van der Waals surface area contributed by atoms with Crippen LogP contribution in [0.3, 0.4) is 0 Å². The predicted molar refractivity (Wildman–Crippen MR) is 67.6 cm³/mol. The average molecular weight is 231 g/mol. The molecule has 0 aliphatic heterocycles. The van der Waals surface area contributed by atoms with Crippen LogP contribution < -0.4 is 5.32 Å². The molecule has 0 unspecified atom stereocenters. The number of hydrogen-bond donors (Lipinski definition) is 1. The summed E-state index contributed by atoms with van der Waals surface area (Å²) in [5.41, 5.74) is 0. The Morgan fingerprint density at radius 3 is 2.73 bits per heavy atom. The van der Waals surface area contributed by atoms with Gasteiger partial charge in [-0.15, -0.1) is 11.6 Å². The number of hydrogen-bond acceptors (Lipinski definition) is 2. The Kier molecular flexibility index (Phi) is 7.07. The average Bonchev–Trinajstić information content (AvgIpc) is 2.76. The molecule has 0 radical (unpaired) electrons. The van der Waals surface area contributed by atoms with E-state index in [-0.39, 0.29) is 0 Å². The molecular formula is C12H23ClN2. The molecule has 88 valence electrons. The summed E-state index contributed by atoms with van der Waals surface area (Å²) in [6, 6.07) is 0.838. The van der Waals surface area contributed by atoms with Gasteiger partial charge in [0.1, 0.15) is 0 Å². The zero-order chi connectivity index (χ0) is 10.9. The number of halogens is 1. The predicted octanol–water partition coefficient (Wildman–Crippen LogP) is 2.25. The highest BCUT2D eigenvalue weighted by Crippen LogP contribution is 2.21. The lowest BCUT2D eigenvalue weighted by Crippen LogP contribution is -2.35. The van der Waals surface area contributed by atoms with Gasteiger partial charge in [0.15, 0.2) is 0 Å². The van der Waals surface area contributed by atoms with Crippen molar-refractivity contribution in [3.05, 3.63) is 12.2 Å². The molecule has 1 N–H and O–H groups in total. The van der Waals surface area contributed by atoms with Crippen LogP contribution in [0.15, 0.2) is 12.2 Å². The molecule has 15 heavy (non-hydrogen) atoms.